The molecule has 0 atom stereocenters. The van der Waals surface area contributed by atoms with Gasteiger partial charge in [-0.3, -0.25) is 14.4 Å². The average Bonchev–Trinajstić information content (AvgIpc) is 3.04. The number of amides is 3. The van der Waals surface area contributed by atoms with Gasteiger partial charge in [0.05, 0.1) is 6.61 Å². The zero-order valence-corrected chi connectivity index (χ0v) is 18.5. The molecule has 2 aromatic carbocycles. The second kappa shape index (κ2) is 11.2. The van der Waals surface area contributed by atoms with Gasteiger partial charge in [-0.1, -0.05) is 6.07 Å². The summed E-state index contributed by atoms with van der Waals surface area (Å²) in [7, 11) is 0. The Morgan fingerprint density at radius 1 is 0.906 bits per heavy atom. The van der Waals surface area contributed by atoms with E-state index in [9.17, 15) is 14.4 Å². The quantitative estimate of drug-likeness (QED) is 0.717. The smallest absolute Gasteiger partial charge is 0.260 e. The lowest BCUT2D eigenvalue weighted by molar-refractivity contribution is -0.133. The van der Waals surface area contributed by atoms with Crippen molar-refractivity contribution in [1.29, 1.82) is 0 Å². The molecule has 170 valence electrons. The summed E-state index contributed by atoms with van der Waals surface area (Å²) in [6.07, 6.45) is 0.686. The van der Waals surface area contributed by atoms with Crippen LogP contribution in [-0.4, -0.2) is 66.9 Å². The SMILES string of the molecule is CCOc1ccc(OCC(=O)N2CCCN(C(=O)c3cccc(NC(C)=O)c3)CC2)cc1. The van der Waals surface area contributed by atoms with Crippen LogP contribution in [0.3, 0.4) is 0 Å². The first-order valence-electron chi connectivity index (χ1n) is 10.8. The third kappa shape index (κ3) is 6.47. The zero-order valence-electron chi connectivity index (χ0n) is 18.5. The Hall–Kier alpha value is -3.55. The van der Waals surface area contributed by atoms with Gasteiger partial charge >= 0.3 is 0 Å². The Balaban J connectivity index is 1.52. The lowest BCUT2D eigenvalue weighted by Crippen LogP contribution is -2.39. The molecule has 1 fully saturated rings. The monoisotopic (exact) mass is 439 g/mol. The van der Waals surface area contributed by atoms with Crippen LogP contribution in [0.2, 0.25) is 0 Å². The van der Waals surface area contributed by atoms with Crippen molar-refractivity contribution in [2.75, 3.05) is 44.7 Å². The van der Waals surface area contributed by atoms with Gasteiger partial charge in [0.25, 0.3) is 11.8 Å². The van der Waals surface area contributed by atoms with E-state index in [0.717, 1.165) is 5.75 Å². The van der Waals surface area contributed by atoms with Crippen LogP contribution in [0.1, 0.15) is 30.6 Å². The van der Waals surface area contributed by atoms with E-state index < -0.39 is 0 Å². The highest BCUT2D eigenvalue weighted by atomic mass is 16.5. The maximum Gasteiger partial charge on any atom is 0.260 e. The van der Waals surface area contributed by atoms with Crippen LogP contribution < -0.4 is 14.8 Å². The van der Waals surface area contributed by atoms with Crippen molar-refractivity contribution in [3.8, 4) is 11.5 Å². The molecule has 1 heterocycles. The molecule has 2 aromatic rings. The van der Waals surface area contributed by atoms with E-state index in [1.165, 1.54) is 6.92 Å². The van der Waals surface area contributed by atoms with Crippen molar-refractivity contribution in [2.45, 2.75) is 20.3 Å². The van der Waals surface area contributed by atoms with E-state index in [-0.39, 0.29) is 24.3 Å². The standard InChI is InChI=1S/C24H29N3O5/c1-3-31-21-8-10-22(11-9-21)32-17-23(29)26-12-5-13-27(15-14-26)24(30)19-6-4-7-20(16-19)25-18(2)28/h4,6-11,16H,3,5,12-15,17H2,1-2H3,(H,25,28). The molecule has 0 aromatic heterocycles. The predicted octanol–water partition coefficient (Wildman–Crippen LogP) is 2.80. The second-order valence-corrected chi connectivity index (χ2v) is 7.48. The lowest BCUT2D eigenvalue weighted by atomic mass is 10.1. The van der Waals surface area contributed by atoms with Gasteiger partial charge in [-0.15, -0.1) is 0 Å². The molecule has 8 heteroatoms. The van der Waals surface area contributed by atoms with E-state index in [2.05, 4.69) is 5.32 Å². The van der Waals surface area contributed by atoms with Crippen LogP contribution in [0.4, 0.5) is 5.69 Å². The number of carbonyl (C=O) groups excluding carboxylic acids is 3. The first-order valence-corrected chi connectivity index (χ1v) is 10.8. The predicted molar refractivity (Wildman–Crippen MR) is 121 cm³/mol. The van der Waals surface area contributed by atoms with Crippen molar-refractivity contribution in [3.63, 3.8) is 0 Å². The van der Waals surface area contributed by atoms with E-state index >= 15 is 0 Å². The summed E-state index contributed by atoms with van der Waals surface area (Å²) in [5.41, 5.74) is 1.09. The van der Waals surface area contributed by atoms with Crippen molar-refractivity contribution >= 4 is 23.4 Å². The van der Waals surface area contributed by atoms with Gasteiger partial charge in [-0.25, -0.2) is 0 Å². The number of anilines is 1. The van der Waals surface area contributed by atoms with Crippen molar-refractivity contribution < 1.29 is 23.9 Å². The van der Waals surface area contributed by atoms with Crippen molar-refractivity contribution in [1.82, 2.24) is 9.80 Å². The summed E-state index contributed by atoms with van der Waals surface area (Å²) in [6, 6.07) is 14.0. The molecule has 0 unspecified atom stereocenters. The van der Waals surface area contributed by atoms with Gasteiger partial charge < -0.3 is 24.6 Å². The fourth-order valence-electron chi connectivity index (χ4n) is 3.52. The number of rotatable bonds is 7. The third-order valence-corrected chi connectivity index (χ3v) is 5.06. The molecule has 3 amide bonds. The molecule has 0 saturated carbocycles. The molecule has 0 spiro atoms. The van der Waals surface area contributed by atoms with Gasteiger partial charge in [0.2, 0.25) is 5.91 Å². The molecule has 0 aliphatic carbocycles. The lowest BCUT2D eigenvalue weighted by Gasteiger charge is -2.22. The van der Waals surface area contributed by atoms with Gasteiger partial charge in [-0.05, 0) is 55.8 Å². The molecular formula is C24H29N3O5. The van der Waals surface area contributed by atoms with Crippen LogP contribution in [0.15, 0.2) is 48.5 Å². The van der Waals surface area contributed by atoms with E-state index in [4.69, 9.17) is 9.47 Å². The van der Waals surface area contributed by atoms with Gasteiger partial charge in [-0.2, -0.15) is 0 Å². The summed E-state index contributed by atoms with van der Waals surface area (Å²) in [4.78, 5) is 40.3. The Labute approximate surface area is 188 Å². The fourth-order valence-corrected chi connectivity index (χ4v) is 3.52. The van der Waals surface area contributed by atoms with Crippen LogP contribution in [0.5, 0.6) is 11.5 Å². The number of nitrogens with one attached hydrogen (secondary N) is 1. The molecule has 1 aliphatic rings. The van der Waals surface area contributed by atoms with Crippen molar-refractivity contribution in [3.05, 3.63) is 54.1 Å². The summed E-state index contributed by atoms with van der Waals surface area (Å²) >= 11 is 0. The maximum atomic E-state index is 12.9. The number of nitrogens with zero attached hydrogens (tertiary/aromatic N) is 2. The van der Waals surface area contributed by atoms with E-state index in [1.807, 2.05) is 6.92 Å². The highest BCUT2D eigenvalue weighted by molar-refractivity contribution is 5.96. The number of benzene rings is 2. The van der Waals surface area contributed by atoms with E-state index in [1.54, 1.807) is 58.3 Å². The molecule has 1 aliphatic heterocycles. The molecule has 8 nitrogen and oxygen atoms in total. The minimum Gasteiger partial charge on any atom is -0.494 e. The summed E-state index contributed by atoms with van der Waals surface area (Å²) < 4.78 is 11.0. The Morgan fingerprint density at radius 3 is 2.25 bits per heavy atom. The number of hydrogen-bond acceptors (Lipinski definition) is 5. The summed E-state index contributed by atoms with van der Waals surface area (Å²) in [5, 5.41) is 2.69. The minimum atomic E-state index is -0.189. The summed E-state index contributed by atoms with van der Waals surface area (Å²) in [5.74, 6) is 0.947. The van der Waals surface area contributed by atoms with Gasteiger partial charge in [0, 0.05) is 44.4 Å². The molecule has 3 rings (SSSR count). The number of carbonyl (C=O) groups is 3. The topological polar surface area (TPSA) is 88.2 Å². The van der Waals surface area contributed by atoms with E-state index in [0.29, 0.717) is 56.2 Å². The van der Waals surface area contributed by atoms with Crippen LogP contribution in [0.25, 0.3) is 0 Å². The first kappa shape index (κ1) is 23.1. The molecule has 1 N–H and O–H groups in total. The molecular weight excluding hydrogens is 410 g/mol. The Morgan fingerprint density at radius 2 is 1.56 bits per heavy atom. The summed E-state index contributed by atoms with van der Waals surface area (Å²) in [6.45, 7) is 5.90. The average molecular weight is 440 g/mol. The molecule has 0 radical (unpaired) electrons. The molecule has 1 saturated heterocycles. The third-order valence-electron chi connectivity index (χ3n) is 5.06. The fraction of sp³-hybridized carbons (Fsp3) is 0.375. The van der Waals surface area contributed by atoms with Gasteiger partial charge in [0.15, 0.2) is 6.61 Å². The highest BCUT2D eigenvalue weighted by Crippen LogP contribution is 2.18. The van der Waals surface area contributed by atoms with Crippen LogP contribution >= 0.6 is 0 Å². The van der Waals surface area contributed by atoms with Crippen LogP contribution in [-0.2, 0) is 9.59 Å². The Kier molecular flexibility index (Phi) is 8.08. The maximum absolute atomic E-state index is 12.9. The number of hydrogen-bond donors (Lipinski definition) is 1. The van der Waals surface area contributed by atoms with Crippen molar-refractivity contribution in [2.24, 2.45) is 0 Å². The van der Waals surface area contributed by atoms with Gasteiger partial charge in [0.1, 0.15) is 11.5 Å². The molecule has 32 heavy (non-hydrogen) atoms. The Bertz CT molecular complexity index is 945. The molecule has 0 bridgehead atoms. The first-order chi connectivity index (χ1) is 15.5. The number of ether oxygens (including phenoxy) is 2. The minimum absolute atomic E-state index is 0.0549. The normalized spacial score (nSPS) is 13.8. The second-order valence-electron chi connectivity index (χ2n) is 7.48. The highest BCUT2D eigenvalue weighted by Gasteiger charge is 2.23. The van der Waals surface area contributed by atoms with Crippen LogP contribution in [0, 0.1) is 0 Å². The zero-order chi connectivity index (χ0) is 22.9. The largest absolute Gasteiger partial charge is 0.494 e.